The molecule has 2 unspecified atom stereocenters. The number of rotatable bonds is 4. The minimum atomic E-state index is 0.607. The number of aryl methyl sites for hydroxylation is 1. The summed E-state index contributed by atoms with van der Waals surface area (Å²) in [6, 6.07) is 10.1. The zero-order chi connectivity index (χ0) is 13.8. The highest BCUT2D eigenvalue weighted by Crippen LogP contribution is 2.28. The molecule has 2 nitrogen and oxygen atoms in total. The average molecular weight is 260 g/mol. The third-order valence-electron chi connectivity index (χ3n) is 4.38. The molecule has 1 heterocycles. The van der Waals surface area contributed by atoms with Gasteiger partial charge in [-0.1, -0.05) is 45.9 Å². The Balaban J connectivity index is 2.30. The molecule has 1 aromatic rings. The van der Waals surface area contributed by atoms with E-state index < -0.39 is 0 Å². The number of piperazine rings is 1. The molecule has 1 saturated heterocycles. The lowest BCUT2D eigenvalue weighted by molar-refractivity contribution is 0.333. The monoisotopic (exact) mass is 260 g/mol. The van der Waals surface area contributed by atoms with Crippen LogP contribution in [0.1, 0.15) is 39.7 Å². The molecule has 0 amide bonds. The van der Waals surface area contributed by atoms with Gasteiger partial charge in [-0.3, -0.25) is 0 Å². The van der Waals surface area contributed by atoms with E-state index in [0.717, 1.165) is 19.5 Å². The quantitative estimate of drug-likeness (QED) is 0.892. The Morgan fingerprint density at radius 3 is 2.63 bits per heavy atom. The molecule has 0 radical (unpaired) electrons. The van der Waals surface area contributed by atoms with Crippen LogP contribution in [0.25, 0.3) is 0 Å². The predicted molar refractivity (Wildman–Crippen MR) is 83.9 cm³/mol. The number of para-hydroxylation sites is 1. The SMILES string of the molecule is CCc1ccccc1N1CC(CC)NCC1C(C)C. The molecule has 0 spiro atoms. The van der Waals surface area contributed by atoms with E-state index in [1.54, 1.807) is 0 Å². The summed E-state index contributed by atoms with van der Waals surface area (Å²) >= 11 is 0. The van der Waals surface area contributed by atoms with Gasteiger partial charge in [0.05, 0.1) is 0 Å². The van der Waals surface area contributed by atoms with Crippen LogP contribution in [0.15, 0.2) is 24.3 Å². The van der Waals surface area contributed by atoms with E-state index in [4.69, 9.17) is 0 Å². The molecular weight excluding hydrogens is 232 g/mol. The number of hydrogen-bond donors (Lipinski definition) is 1. The highest BCUT2D eigenvalue weighted by molar-refractivity contribution is 5.55. The molecule has 0 aliphatic carbocycles. The third-order valence-corrected chi connectivity index (χ3v) is 4.38. The molecule has 0 bridgehead atoms. The van der Waals surface area contributed by atoms with E-state index in [1.165, 1.54) is 17.7 Å². The first-order chi connectivity index (χ1) is 9.17. The number of nitrogens with zero attached hydrogens (tertiary/aromatic N) is 1. The molecule has 2 heteroatoms. The van der Waals surface area contributed by atoms with Crippen LogP contribution >= 0.6 is 0 Å². The van der Waals surface area contributed by atoms with Crippen LogP contribution in [0.5, 0.6) is 0 Å². The van der Waals surface area contributed by atoms with Gasteiger partial charge in [0.2, 0.25) is 0 Å². The summed E-state index contributed by atoms with van der Waals surface area (Å²) in [6.07, 6.45) is 2.32. The van der Waals surface area contributed by atoms with Crippen LogP contribution in [0.2, 0.25) is 0 Å². The van der Waals surface area contributed by atoms with Crippen LogP contribution in [-0.2, 0) is 6.42 Å². The number of nitrogens with one attached hydrogen (secondary N) is 1. The minimum Gasteiger partial charge on any atom is -0.365 e. The molecule has 2 atom stereocenters. The number of benzene rings is 1. The summed E-state index contributed by atoms with van der Waals surface area (Å²) in [5.41, 5.74) is 2.92. The van der Waals surface area contributed by atoms with Crippen LogP contribution in [0.4, 0.5) is 5.69 Å². The summed E-state index contributed by atoms with van der Waals surface area (Å²) < 4.78 is 0. The Morgan fingerprint density at radius 1 is 1.26 bits per heavy atom. The standard InChI is InChI=1S/C17H28N2/c1-5-14-9-7-8-10-16(14)19-12-15(6-2)18-11-17(19)13(3)4/h7-10,13,15,17-18H,5-6,11-12H2,1-4H3. The van der Waals surface area contributed by atoms with Crippen LogP contribution < -0.4 is 10.2 Å². The summed E-state index contributed by atoms with van der Waals surface area (Å²) in [4.78, 5) is 2.65. The normalized spacial score (nSPS) is 23.9. The summed E-state index contributed by atoms with van der Waals surface area (Å²) in [5, 5.41) is 3.70. The summed E-state index contributed by atoms with van der Waals surface area (Å²) in [6.45, 7) is 11.4. The van der Waals surface area contributed by atoms with Gasteiger partial charge in [-0.2, -0.15) is 0 Å². The Bertz CT molecular complexity index is 400. The number of anilines is 1. The lowest BCUT2D eigenvalue weighted by Gasteiger charge is -2.44. The highest BCUT2D eigenvalue weighted by Gasteiger charge is 2.29. The molecule has 19 heavy (non-hydrogen) atoms. The zero-order valence-electron chi connectivity index (χ0n) is 12.8. The Morgan fingerprint density at radius 2 is 2.00 bits per heavy atom. The minimum absolute atomic E-state index is 0.607. The van der Waals surface area contributed by atoms with Gasteiger partial charge in [-0.05, 0) is 30.4 Å². The lowest BCUT2D eigenvalue weighted by atomic mass is 9.95. The second-order valence-corrected chi connectivity index (χ2v) is 5.96. The van der Waals surface area contributed by atoms with E-state index in [1.807, 2.05) is 0 Å². The molecule has 1 fully saturated rings. The third kappa shape index (κ3) is 3.11. The maximum absolute atomic E-state index is 3.70. The van der Waals surface area contributed by atoms with Crippen LogP contribution in [0, 0.1) is 5.92 Å². The second-order valence-electron chi connectivity index (χ2n) is 5.96. The molecular formula is C17H28N2. The van der Waals surface area contributed by atoms with Gasteiger partial charge >= 0.3 is 0 Å². The van der Waals surface area contributed by atoms with Gasteiger partial charge in [0, 0.05) is 30.9 Å². The van der Waals surface area contributed by atoms with Gasteiger partial charge in [-0.15, -0.1) is 0 Å². The van der Waals surface area contributed by atoms with E-state index in [2.05, 4.69) is 62.2 Å². The maximum atomic E-state index is 3.70. The fourth-order valence-electron chi connectivity index (χ4n) is 3.07. The fraction of sp³-hybridized carbons (Fsp3) is 0.647. The molecule has 0 saturated carbocycles. The van der Waals surface area contributed by atoms with Gasteiger partial charge in [0.25, 0.3) is 0 Å². The fourth-order valence-corrected chi connectivity index (χ4v) is 3.07. The first kappa shape index (κ1) is 14.4. The maximum Gasteiger partial charge on any atom is 0.0438 e. The summed E-state index contributed by atoms with van der Waals surface area (Å²) in [5.74, 6) is 0.676. The van der Waals surface area contributed by atoms with Crippen molar-refractivity contribution in [3.63, 3.8) is 0 Å². The van der Waals surface area contributed by atoms with E-state index in [-0.39, 0.29) is 0 Å². The Kier molecular flexibility index (Phi) is 4.87. The first-order valence-electron chi connectivity index (χ1n) is 7.75. The largest absolute Gasteiger partial charge is 0.365 e. The van der Waals surface area contributed by atoms with Gasteiger partial charge in [0.15, 0.2) is 0 Å². The van der Waals surface area contributed by atoms with E-state index in [9.17, 15) is 0 Å². The zero-order valence-corrected chi connectivity index (χ0v) is 12.8. The number of hydrogen-bond acceptors (Lipinski definition) is 2. The molecule has 1 aliphatic heterocycles. The predicted octanol–water partition coefficient (Wildman–Crippen LogP) is 3.46. The van der Waals surface area contributed by atoms with Crippen molar-refractivity contribution < 1.29 is 0 Å². The topological polar surface area (TPSA) is 15.3 Å². The van der Waals surface area contributed by atoms with Crippen LogP contribution in [0.3, 0.4) is 0 Å². The van der Waals surface area contributed by atoms with Gasteiger partial charge in [0.1, 0.15) is 0 Å². The lowest BCUT2D eigenvalue weighted by Crippen LogP contribution is -2.58. The molecule has 106 valence electrons. The van der Waals surface area contributed by atoms with Crippen molar-refractivity contribution in [2.45, 2.75) is 52.6 Å². The molecule has 2 rings (SSSR count). The average Bonchev–Trinajstić information content (AvgIpc) is 2.46. The molecule has 1 aromatic carbocycles. The van der Waals surface area contributed by atoms with Crippen molar-refractivity contribution in [2.24, 2.45) is 5.92 Å². The van der Waals surface area contributed by atoms with Gasteiger partial charge in [-0.25, -0.2) is 0 Å². The van der Waals surface area contributed by atoms with Crippen molar-refractivity contribution in [3.8, 4) is 0 Å². The van der Waals surface area contributed by atoms with E-state index >= 15 is 0 Å². The smallest absolute Gasteiger partial charge is 0.0438 e. The van der Waals surface area contributed by atoms with E-state index in [0.29, 0.717) is 18.0 Å². The van der Waals surface area contributed by atoms with Crippen molar-refractivity contribution in [1.82, 2.24) is 5.32 Å². The Labute approximate surface area is 118 Å². The van der Waals surface area contributed by atoms with Crippen molar-refractivity contribution in [1.29, 1.82) is 0 Å². The first-order valence-corrected chi connectivity index (χ1v) is 7.75. The molecule has 0 aromatic heterocycles. The second kappa shape index (κ2) is 6.42. The highest BCUT2D eigenvalue weighted by atomic mass is 15.2. The van der Waals surface area contributed by atoms with Crippen LogP contribution in [-0.4, -0.2) is 25.2 Å². The van der Waals surface area contributed by atoms with Crippen molar-refractivity contribution in [3.05, 3.63) is 29.8 Å². The summed E-state index contributed by atoms with van der Waals surface area (Å²) in [7, 11) is 0. The molecule has 1 aliphatic rings. The Hall–Kier alpha value is -1.02. The van der Waals surface area contributed by atoms with Crippen molar-refractivity contribution in [2.75, 3.05) is 18.0 Å². The van der Waals surface area contributed by atoms with Crippen molar-refractivity contribution >= 4 is 5.69 Å². The van der Waals surface area contributed by atoms with Gasteiger partial charge < -0.3 is 10.2 Å². The molecule has 1 N–H and O–H groups in total.